The second kappa shape index (κ2) is 12.8. The first kappa shape index (κ1) is 16.8. The van der Waals surface area contributed by atoms with Crippen molar-refractivity contribution in [3.05, 3.63) is 0 Å². The van der Waals surface area contributed by atoms with Crippen LogP contribution in [0.15, 0.2) is 0 Å². The highest BCUT2D eigenvalue weighted by molar-refractivity contribution is 4.70. The van der Waals surface area contributed by atoms with Gasteiger partial charge in [-0.2, -0.15) is 0 Å². The SMILES string of the molecule is COCCOCCOCCOCCOC1CCNC1. The topological polar surface area (TPSA) is 58.2 Å². The minimum atomic E-state index is 0.365. The van der Waals surface area contributed by atoms with Gasteiger partial charge in [-0.25, -0.2) is 0 Å². The number of rotatable bonds is 13. The summed E-state index contributed by atoms with van der Waals surface area (Å²) < 4.78 is 26.5. The molecule has 0 spiro atoms. The molecule has 1 N–H and O–H groups in total. The second-order valence-electron chi connectivity index (χ2n) is 4.32. The quantitative estimate of drug-likeness (QED) is 0.481. The number of methoxy groups -OCH3 is 1. The molecule has 0 aromatic heterocycles. The normalized spacial score (nSPS) is 19.1. The number of nitrogens with one attached hydrogen (secondary N) is 1. The first-order valence-corrected chi connectivity index (χ1v) is 6.98. The predicted molar refractivity (Wildman–Crippen MR) is 71.6 cm³/mol. The van der Waals surface area contributed by atoms with Crippen molar-refractivity contribution in [2.45, 2.75) is 12.5 Å². The van der Waals surface area contributed by atoms with E-state index in [1.165, 1.54) is 0 Å². The Morgan fingerprint density at radius 2 is 1.42 bits per heavy atom. The van der Waals surface area contributed by atoms with E-state index in [4.69, 9.17) is 23.7 Å². The van der Waals surface area contributed by atoms with Crippen molar-refractivity contribution >= 4 is 0 Å². The Kier molecular flexibility index (Phi) is 11.3. The van der Waals surface area contributed by atoms with Crippen LogP contribution < -0.4 is 5.32 Å². The highest BCUT2D eigenvalue weighted by Gasteiger charge is 2.13. The number of ether oxygens (including phenoxy) is 5. The van der Waals surface area contributed by atoms with Gasteiger partial charge in [-0.3, -0.25) is 0 Å². The molecular formula is C13H27NO5. The molecule has 1 saturated heterocycles. The Morgan fingerprint density at radius 3 is 1.95 bits per heavy atom. The lowest BCUT2D eigenvalue weighted by molar-refractivity contribution is -0.0178. The van der Waals surface area contributed by atoms with Gasteiger partial charge in [0.1, 0.15) is 0 Å². The predicted octanol–water partition coefficient (Wildman–Crippen LogP) is 0.0611. The zero-order valence-corrected chi connectivity index (χ0v) is 11.9. The fourth-order valence-electron chi connectivity index (χ4n) is 1.73. The Labute approximate surface area is 115 Å². The molecule has 0 aromatic carbocycles. The Hall–Kier alpha value is -0.240. The average molecular weight is 277 g/mol. The van der Waals surface area contributed by atoms with Crippen LogP contribution in [-0.2, 0) is 23.7 Å². The summed E-state index contributed by atoms with van der Waals surface area (Å²) >= 11 is 0. The van der Waals surface area contributed by atoms with Crippen LogP contribution in [0, 0.1) is 0 Å². The van der Waals surface area contributed by atoms with E-state index in [0.717, 1.165) is 19.5 Å². The summed E-state index contributed by atoms with van der Waals surface area (Å²) in [6.45, 7) is 6.94. The molecular weight excluding hydrogens is 250 g/mol. The molecule has 0 radical (unpaired) electrons. The van der Waals surface area contributed by atoms with Crippen molar-refractivity contribution in [2.75, 3.05) is 73.1 Å². The average Bonchev–Trinajstić information content (AvgIpc) is 2.93. The van der Waals surface area contributed by atoms with Crippen LogP contribution >= 0.6 is 0 Å². The van der Waals surface area contributed by atoms with E-state index < -0.39 is 0 Å². The maximum absolute atomic E-state index is 5.63. The van der Waals surface area contributed by atoms with Gasteiger partial charge in [-0.1, -0.05) is 0 Å². The maximum Gasteiger partial charge on any atom is 0.0712 e. The lowest BCUT2D eigenvalue weighted by atomic mass is 10.3. The summed E-state index contributed by atoms with van der Waals surface area (Å²) in [7, 11) is 1.66. The first-order chi connectivity index (χ1) is 9.43. The molecule has 1 fully saturated rings. The molecule has 6 heteroatoms. The van der Waals surface area contributed by atoms with E-state index in [9.17, 15) is 0 Å². The molecule has 0 amide bonds. The van der Waals surface area contributed by atoms with Crippen molar-refractivity contribution in [3.8, 4) is 0 Å². The van der Waals surface area contributed by atoms with Gasteiger partial charge in [0, 0.05) is 13.7 Å². The second-order valence-corrected chi connectivity index (χ2v) is 4.32. The summed E-state index contributed by atoms with van der Waals surface area (Å²) in [5, 5.41) is 3.26. The van der Waals surface area contributed by atoms with Gasteiger partial charge in [-0.15, -0.1) is 0 Å². The Bertz CT molecular complexity index is 188. The van der Waals surface area contributed by atoms with E-state index in [0.29, 0.717) is 59.0 Å². The van der Waals surface area contributed by atoms with E-state index in [1.807, 2.05) is 0 Å². The van der Waals surface area contributed by atoms with Crippen LogP contribution in [0.2, 0.25) is 0 Å². The molecule has 1 aliphatic rings. The molecule has 1 unspecified atom stereocenters. The lowest BCUT2D eigenvalue weighted by Gasteiger charge is -2.10. The molecule has 1 heterocycles. The summed E-state index contributed by atoms with van der Waals surface area (Å²) in [6, 6.07) is 0. The molecule has 1 rings (SSSR count). The summed E-state index contributed by atoms with van der Waals surface area (Å²) in [5.74, 6) is 0. The molecule has 0 bridgehead atoms. The van der Waals surface area contributed by atoms with Gasteiger partial charge >= 0.3 is 0 Å². The molecule has 114 valence electrons. The maximum atomic E-state index is 5.63. The zero-order chi connectivity index (χ0) is 13.6. The largest absolute Gasteiger partial charge is 0.382 e. The van der Waals surface area contributed by atoms with Gasteiger partial charge in [0.2, 0.25) is 0 Å². The van der Waals surface area contributed by atoms with E-state index in [2.05, 4.69) is 5.32 Å². The van der Waals surface area contributed by atoms with Gasteiger partial charge in [0.25, 0.3) is 0 Å². The highest BCUT2D eigenvalue weighted by Crippen LogP contribution is 2.02. The van der Waals surface area contributed by atoms with E-state index in [1.54, 1.807) is 7.11 Å². The molecule has 0 aromatic rings. The molecule has 0 saturated carbocycles. The fraction of sp³-hybridized carbons (Fsp3) is 1.00. The lowest BCUT2D eigenvalue weighted by Crippen LogP contribution is -2.19. The van der Waals surface area contributed by atoms with Crippen LogP contribution in [0.4, 0.5) is 0 Å². The molecule has 1 aliphatic heterocycles. The van der Waals surface area contributed by atoms with Gasteiger partial charge < -0.3 is 29.0 Å². The fourth-order valence-corrected chi connectivity index (χ4v) is 1.73. The van der Waals surface area contributed by atoms with Gasteiger partial charge in [0.15, 0.2) is 0 Å². The van der Waals surface area contributed by atoms with Crippen LogP contribution in [0.5, 0.6) is 0 Å². The van der Waals surface area contributed by atoms with Crippen LogP contribution in [0.3, 0.4) is 0 Å². The van der Waals surface area contributed by atoms with Crippen molar-refractivity contribution in [1.29, 1.82) is 0 Å². The Balaban J connectivity index is 1.67. The van der Waals surface area contributed by atoms with Gasteiger partial charge in [0.05, 0.1) is 59.0 Å². The van der Waals surface area contributed by atoms with E-state index >= 15 is 0 Å². The Morgan fingerprint density at radius 1 is 0.842 bits per heavy atom. The minimum absolute atomic E-state index is 0.365. The minimum Gasteiger partial charge on any atom is -0.382 e. The highest BCUT2D eigenvalue weighted by atomic mass is 16.6. The van der Waals surface area contributed by atoms with Crippen molar-refractivity contribution in [3.63, 3.8) is 0 Å². The van der Waals surface area contributed by atoms with Crippen molar-refractivity contribution in [2.24, 2.45) is 0 Å². The van der Waals surface area contributed by atoms with E-state index in [-0.39, 0.29) is 0 Å². The third-order valence-electron chi connectivity index (χ3n) is 2.77. The van der Waals surface area contributed by atoms with Crippen LogP contribution in [0.1, 0.15) is 6.42 Å². The molecule has 19 heavy (non-hydrogen) atoms. The van der Waals surface area contributed by atoms with Gasteiger partial charge in [-0.05, 0) is 13.0 Å². The third-order valence-corrected chi connectivity index (χ3v) is 2.77. The van der Waals surface area contributed by atoms with Crippen LogP contribution in [-0.4, -0.2) is 79.2 Å². The zero-order valence-electron chi connectivity index (χ0n) is 11.9. The summed E-state index contributed by atoms with van der Waals surface area (Å²) in [6.07, 6.45) is 1.47. The number of hydrogen-bond donors (Lipinski definition) is 1. The smallest absolute Gasteiger partial charge is 0.0712 e. The van der Waals surface area contributed by atoms with Crippen LogP contribution in [0.25, 0.3) is 0 Å². The first-order valence-electron chi connectivity index (χ1n) is 6.98. The standard InChI is InChI=1S/C13H27NO5/c1-15-4-5-16-6-7-17-8-9-18-10-11-19-13-2-3-14-12-13/h13-14H,2-12H2,1H3. The summed E-state index contributed by atoms with van der Waals surface area (Å²) in [5.41, 5.74) is 0. The molecule has 6 nitrogen and oxygen atoms in total. The summed E-state index contributed by atoms with van der Waals surface area (Å²) in [4.78, 5) is 0. The number of hydrogen-bond acceptors (Lipinski definition) is 6. The monoisotopic (exact) mass is 277 g/mol. The van der Waals surface area contributed by atoms with Crippen molar-refractivity contribution < 1.29 is 23.7 Å². The molecule has 0 aliphatic carbocycles. The third kappa shape index (κ3) is 10.2. The van der Waals surface area contributed by atoms with Crippen molar-refractivity contribution in [1.82, 2.24) is 5.32 Å². The molecule has 1 atom stereocenters.